The Labute approximate surface area is 118 Å². The molecule has 1 amide bonds. The molecular formula is C15H18ClNO2. The highest BCUT2D eigenvalue weighted by molar-refractivity contribution is 6.30. The molecule has 0 aliphatic rings. The summed E-state index contributed by atoms with van der Waals surface area (Å²) in [5, 5.41) is 13.4. The summed E-state index contributed by atoms with van der Waals surface area (Å²) in [6.45, 7) is 3.62. The van der Waals surface area contributed by atoms with Gasteiger partial charge in [0.1, 0.15) is 0 Å². The quantitative estimate of drug-likeness (QED) is 0.643. The van der Waals surface area contributed by atoms with Crippen molar-refractivity contribution >= 4 is 17.5 Å². The van der Waals surface area contributed by atoms with E-state index < -0.39 is 6.10 Å². The Hall–Kier alpha value is -1.58. The van der Waals surface area contributed by atoms with Crippen LogP contribution in [-0.2, 0) is 4.79 Å². The van der Waals surface area contributed by atoms with Crippen LogP contribution in [0, 0.1) is 0 Å². The fourth-order valence-corrected chi connectivity index (χ4v) is 1.68. The highest BCUT2D eigenvalue weighted by Crippen LogP contribution is 2.19. The molecule has 2 atom stereocenters. The van der Waals surface area contributed by atoms with E-state index in [4.69, 9.17) is 11.6 Å². The van der Waals surface area contributed by atoms with Crippen LogP contribution in [0.2, 0.25) is 5.02 Å². The monoisotopic (exact) mass is 279 g/mol. The van der Waals surface area contributed by atoms with Crippen molar-refractivity contribution in [1.29, 1.82) is 0 Å². The number of halogens is 1. The molecule has 0 spiro atoms. The van der Waals surface area contributed by atoms with Crippen molar-refractivity contribution in [2.45, 2.75) is 26.0 Å². The lowest BCUT2D eigenvalue weighted by molar-refractivity contribution is -0.117. The summed E-state index contributed by atoms with van der Waals surface area (Å²) < 4.78 is 0. The van der Waals surface area contributed by atoms with E-state index in [-0.39, 0.29) is 11.9 Å². The zero-order valence-electron chi connectivity index (χ0n) is 11.0. The van der Waals surface area contributed by atoms with Crippen LogP contribution >= 0.6 is 11.6 Å². The van der Waals surface area contributed by atoms with Gasteiger partial charge < -0.3 is 10.4 Å². The third-order valence-corrected chi connectivity index (χ3v) is 2.86. The van der Waals surface area contributed by atoms with E-state index in [1.54, 1.807) is 43.3 Å². The van der Waals surface area contributed by atoms with Crippen molar-refractivity contribution in [2.75, 3.05) is 0 Å². The third kappa shape index (κ3) is 5.28. The molecular weight excluding hydrogens is 262 g/mol. The van der Waals surface area contributed by atoms with E-state index in [0.717, 1.165) is 5.56 Å². The fourth-order valence-electron chi connectivity index (χ4n) is 1.55. The van der Waals surface area contributed by atoms with Crippen molar-refractivity contribution in [1.82, 2.24) is 5.32 Å². The molecule has 1 aromatic carbocycles. The summed E-state index contributed by atoms with van der Waals surface area (Å²) >= 11 is 5.78. The van der Waals surface area contributed by atoms with Gasteiger partial charge in [0.05, 0.1) is 12.1 Å². The molecule has 0 fully saturated rings. The maximum absolute atomic E-state index is 11.6. The van der Waals surface area contributed by atoms with Gasteiger partial charge in [0.2, 0.25) is 5.91 Å². The second kappa shape index (κ2) is 7.77. The highest BCUT2D eigenvalue weighted by atomic mass is 35.5. The van der Waals surface area contributed by atoms with E-state index in [1.807, 2.05) is 13.0 Å². The molecule has 0 saturated heterocycles. The molecule has 0 aliphatic carbocycles. The topological polar surface area (TPSA) is 49.3 Å². The van der Waals surface area contributed by atoms with E-state index >= 15 is 0 Å². The molecule has 0 bridgehead atoms. The lowest BCUT2D eigenvalue weighted by atomic mass is 10.0. The average Bonchev–Trinajstić information content (AvgIpc) is 2.39. The van der Waals surface area contributed by atoms with Crippen LogP contribution in [0.5, 0.6) is 0 Å². The van der Waals surface area contributed by atoms with Gasteiger partial charge in [-0.25, -0.2) is 0 Å². The van der Waals surface area contributed by atoms with Gasteiger partial charge in [0, 0.05) is 11.1 Å². The van der Waals surface area contributed by atoms with Gasteiger partial charge in [-0.2, -0.15) is 0 Å². The van der Waals surface area contributed by atoms with Gasteiger partial charge >= 0.3 is 0 Å². The summed E-state index contributed by atoms with van der Waals surface area (Å²) in [7, 11) is 0. The van der Waals surface area contributed by atoms with E-state index in [0.29, 0.717) is 5.02 Å². The molecule has 19 heavy (non-hydrogen) atoms. The summed E-state index contributed by atoms with van der Waals surface area (Å²) in [5.41, 5.74) is 0.717. The predicted molar refractivity (Wildman–Crippen MR) is 78.0 cm³/mol. The minimum atomic E-state index is -0.767. The Kier molecular flexibility index (Phi) is 6.33. The van der Waals surface area contributed by atoms with Gasteiger partial charge in [-0.15, -0.1) is 0 Å². The lowest BCUT2D eigenvalue weighted by Crippen LogP contribution is -2.36. The van der Waals surface area contributed by atoms with Gasteiger partial charge in [0.15, 0.2) is 0 Å². The van der Waals surface area contributed by atoms with Crippen molar-refractivity contribution in [2.24, 2.45) is 0 Å². The molecule has 0 heterocycles. The third-order valence-electron chi connectivity index (χ3n) is 2.61. The van der Waals surface area contributed by atoms with Crippen LogP contribution in [0.1, 0.15) is 25.5 Å². The molecule has 0 radical (unpaired) electrons. The largest absolute Gasteiger partial charge is 0.386 e. The summed E-state index contributed by atoms with van der Waals surface area (Å²) in [4.78, 5) is 11.6. The smallest absolute Gasteiger partial charge is 0.244 e. The molecule has 4 heteroatoms. The molecule has 102 valence electrons. The number of hydrogen-bond acceptors (Lipinski definition) is 2. The molecule has 2 N–H and O–H groups in total. The molecule has 0 aliphatic heterocycles. The van der Waals surface area contributed by atoms with Crippen molar-refractivity contribution in [3.63, 3.8) is 0 Å². The Morgan fingerprint density at radius 3 is 2.53 bits per heavy atom. The molecule has 0 aromatic heterocycles. The van der Waals surface area contributed by atoms with Crippen molar-refractivity contribution < 1.29 is 9.90 Å². The number of rotatable bonds is 5. The molecule has 2 unspecified atom stereocenters. The van der Waals surface area contributed by atoms with Crippen LogP contribution in [0.25, 0.3) is 0 Å². The number of allylic oxidation sites excluding steroid dienone is 3. The highest BCUT2D eigenvalue weighted by Gasteiger charge is 2.17. The number of aliphatic hydroxyl groups is 1. The average molecular weight is 280 g/mol. The van der Waals surface area contributed by atoms with Gasteiger partial charge in [0.25, 0.3) is 0 Å². The zero-order chi connectivity index (χ0) is 14.3. The first-order chi connectivity index (χ1) is 9.04. The summed E-state index contributed by atoms with van der Waals surface area (Å²) in [5.74, 6) is -0.237. The van der Waals surface area contributed by atoms with E-state index in [2.05, 4.69) is 5.32 Å². The number of benzene rings is 1. The Balaban J connectivity index is 2.59. The molecule has 1 aromatic rings. The minimum absolute atomic E-state index is 0.237. The summed E-state index contributed by atoms with van der Waals surface area (Å²) in [6.07, 6.45) is 5.90. The molecule has 3 nitrogen and oxygen atoms in total. The second-order valence-corrected chi connectivity index (χ2v) is 4.61. The maximum atomic E-state index is 11.6. The lowest BCUT2D eigenvalue weighted by Gasteiger charge is -2.19. The van der Waals surface area contributed by atoms with Crippen LogP contribution in [0.3, 0.4) is 0 Å². The SMILES string of the molecule is CC=CC=CC(=O)NC(C)C(O)c1ccc(Cl)cc1. The van der Waals surface area contributed by atoms with Crippen LogP contribution in [0.4, 0.5) is 0 Å². The van der Waals surface area contributed by atoms with Crippen LogP contribution < -0.4 is 5.32 Å². The molecule has 1 rings (SSSR count). The number of aliphatic hydroxyl groups excluding tert-OH is 1. The molecule has 0 saturated carbocycles. The second-order valence-electron chi connectivity index (χ2n) is 4.18. The van der Waals surface area contributed by atoms with Gasteiger partial charge in [-0.05, 0) is 31.5 Å². The summed E-state index contributed by atoms with van der Waals surface area (Å²) in [6, 6.07) is 6.52. The van der Waals surface area contributed by atoms with Crippen molar-refractivity contribution in [3.8, 4) is 0 Å². The first-order valence-electron chi connectivity index (χ1n) is 6.08. The zero-order valence-corrected chi connectivity index (χ0v) is 11.8. The number of carbonyl (C=O) groups is 1. The number of nitrogens with one attached hydrogen (secondary N) is 1. The fraction of sp³-hybridized carbons (Fsp3) is 0.267. The number of amides is 1. The number of hydrogen-bond donors (Lipinski definition) is 2. The first-order valence-corrected chi connectivity index (χ1v) is 6.45. The van der Waals surface area contributed by atoms with Gasteiger partial charge in [-0.1, -0.05) is 42.0 Å². The first kappa shape index (κ1) is 15.5. The Morgan fingerprint density at radius 2 is 1.95 bits per heavy atom. The standard InChI is InChI=1S/C15H18ClNO2/c1-3-4-5-6-14(18)17-11(2)15(19)12-7-9-13(16)10-8-12/h3-11,15,19H,1-2H3,(H,17,18). The maximum Gasteiger partial charge on any atom is 0.244 e. The van der Waals surface area contributed by atoms with E-state index in [1.165, 1.54) is 6.08 Å². The van der Waals surface area contributed by atoms with Crippen molar-refractivity contribution in [3.05, 3.63) is 59.2 Å². The van der Waals surface area contributed by atoms with Gasteiger partial charge in [-0.3, -0.25) is 4.79 Å². The Bertz CT molecular complexity index is 466. The van der Waals surface area contributed by atoms with Crippen LogP contribution in [0.15, 0.2) is 48.6 Å². The number of carbonyl (C=O) groups excluding carboxylic acids is 1. The van der Waals surface area contributed by atoms with E-state index in [9.17, 15) is 9.90 Å². The minimum Gasteiger partial charge on any atom is -0.386 e. The Morgan fingerprint density at radius 1 is 1.32 bits per heavy atom. The van der Waals surface area contributed by atoms with Crippen LogP contribution in [-0.4, -0.2) is 17.1 Å². The predicted octanol–water partition coefficient (Wildman–Crippen LogP) is 3.01. The normalized spacial score (nSPS) is 14.7.